The van der Waals surface area contributed by atoms with E-state index in [0.717, 1.165) is 0 Å². The summed E-state index contributed by atoms with van der Waals surface area (Å²) in [6.45, 7) is 1.51. The van der Waals surface area contributed by atoms with Crippen LogP contribution in [0.2, 0.25) is 0 Å². The molecular formula is C9H16F3N3. The third-order valence-corrected chi connectivity index (χ3v) is 2.75. The van der Waals surface area contributed by atoms with E-state index in [4.69, 9.17) is 11.1 Å². The van der Waals surface area contributed by atoms with Crippen LogP contribution in [0.4, 0.5) is 13.2 Å². The molecule has 0 bridgehead atoms. The van der Waals surface area contributed by atoms with E-state index in [1.807, 2.05) is 4.90 Å². The Morgan fingerprint density at radius 3 is 2.27 bits per heavy atom. The third-order valence-electron chi connectivity index (χ3n) is 2.75. The SMILES string of the molecule is N=C(N)CCN1CCC(C(F)(F)F)CC1. The maximum absolute atomic E-state index is 12.3. The fourth-order valence-electron chi connectivity index (χ4n) is 1.76. The van der Waals surface area contributed by atoms with E-state index < -0.39 is 12.1 Å². The lowest BCUT2D eigenvalue weighted by Gasteiger charge is -2.32. The van der Waals surface area contributed by atoms with Crippen molar-refractivity contribution in [1.82, 2.24) is 4.90 Å². The average molecular weight is 223 g/mol. The monoisotopic (exact) mass is 223 g/mol. The molecule has 0 aromatic carbocycles. The van der Waals surface area contributed by atoms with Crippen molar-refractivity contribution in [3.8, 4) is 0 Å². The Balaban J connectivity index is 2.27. The van der Waals surface area contributed by atoms with Crippen molar-refractivity contribution in [3.05, 3.63) is 0 Å². The number of nitrogens with one attached hydrogen (secondary N) is 1. The number of likely N-dealkylation sites (tertiary alicyclic amines) is 1. The van der Waals surface area contributed by atoms with E-state index in [9.17, 15) is 13.2 Å². The Bertz CT molecular complexity index is 219. The van der Waals surface area contributed by atoms with Gasteiger partial charge in [-0.25, -0.2) is 0 Å². The standard InChI is InChI=1S/C9H16F3N3/c10-9(11,12)7-1-4-15(5-2-7)6-3-8(13)14/h7H,1-6H2,(H3,13,14). The summed E-state index contributed by atoms with van der Waals surface area (Å²) in [5.41, 5.74) is 5.18. The van der Waals surface area contributed by atoms with Gasteiger partial charge >= 0.3 is 6.18 Å². The minimum atomic E-state index is -4.05. The second-order valence-electron chi connectivity index (χ2n) is 3.93. The molecular weight excluding hydrogens is 207 g/mol. The van der Waals surface area contributed by atoms with Gasteiger partial charge in [0.2, 0.25) is 0 Å². The van der Waals surface area contributed by atoms with Crippen molar-refractivity contribution in [2.24, 2.45) is 11.7 Å². The molecule has 1 saturated heterocycles. The lowest BCUT2D eigenvalue weighted by molar-refractivity contribution is -0.184. The van der Waals surface area contributed by atoms with Crippen molar-refractivity contribution < 1.29 is 13.2 Å². The molecule has 1 aliphatic rings. The van der Waals surface area contributed by atoms with E-state index in [0.29, 0.717) is 26.1 Å². The van der Waals surface area contributed by atoms with Crippen molar-refractivity contribution in [2.45, 2.75) is 25.4 Å². The van der Waals surface area contributed by atoms with Crippen LogP contribution in [-0.2, 0) is 0 Å². The number of hydrogen-bond acceptors (Lipinski definition) is 2. The second-order valence-corrected chi connectivity index (χ2v) is 3.93. The molecule has 0 unspecified atom stereocenters. The van der Waals surface area contributed by atoms with Crippen LogP contribution in [0.1, 0.15) is 19.3 Å². The lowest BCUT2D eigenvalue weighted by Crippen LogP contribution is -2.40. The van der Waals surface area contributed by atoms with Gasteiger partial charge in [0.15, 0.2) is 0 Å². The Morgan fingerprint density at radius 2 is 1.87 bits per heavy atom. The Hall–Kier alpha value is -0.780. The third kappa shape index (κ3) is 4.07. The fourth-order valence-corrected chi connectivity index (χ4v) is 1.76. The number of nitrogens with two attached hydrogens (primary N) is 1. The first kappa shape index (κ1) is 12.3. The summed E-state index contributed by atoms with van der Waals surface area (Å²) in [4.78, 5) is 1.93. The van der Waals surface area contributed by atoms with Gasteiger partial charge in [-0.1, -0.05) is 0 Å². The molecule has 1 aliphatic heterocycles. The molecule has 3 nitrogen and oxygen atoms in total. The highest BCUT2D eigenvalue weighted by atomic mass is 19.4. The smallest absolute Gasteiger partial charge is 0.388 e. The maximum Gasteiger partial charge on any atom is 0.391 e. The van der Waals surface area contributed by atoms with Gasteiger partial charge in [-0.05, 0) is 25.9 Å². The van der Waals surface area contributed by atoms with Gasteiger partial charge < -0.3 is 10.6 Å². The lowest BCUT2D eigenvalue weighted by atomic mass is 9.96. The van der Waals surface area contributed by atoms with E-state index in [2.05, 4.69) is 0 Å². The normalized spacial score (nSPS) is 20.5. The number of halogens is 3. The molecule has 3 N–H and O–H groups in total. The summed E-state index contributed by atoms with van der Waals surface area (Å²) < 4.78 is 36.9. The number of amidine groups is 1. The first-order chi connectivity index (χ1) is 6.89. The number of piperidine rings is 1. The first-order valence-electron chi connectivity index (χ1n) is 5.01. The average Bonchev–Trinajstić information content (AvgIpc) is 2.14. The summed E-state index contributed by atoms with van der Waals surface area (Å²) in [5.74, 6) is -1.06. The molecule has 0 amide bonds. The summed E-state index contributed by atoms with van der Waals surface area (Å²) in [7, 11) is 0. The minimum Gasteiger partial charge on any atom is -0.388 e. The summed E-state index contributed by atoms with van der Waals surface area (Å²) in [6, 6.07) is 0. The second kappa shape index (κ2) is 4.83. The number of alkyl halides is 3. The quantitative estimate of drug-likeness (QED) is 0.564. The zero-order valence-corrected chi connectivity index (χ0v) is 8.48. The van der Waals surface area contributed by atoms with Gasteiger partial charge in [-0.2, -0.15) is 13.2 Å². The number of rotatable bonds is 3. The van der Waals surface area contributed by atoms with E-state index in [-0.39, 0.29) is 18.7 Å². The zero-order valence-electron chi connectivity index (χ0n) is 8.48. The van der Waals surface area contributed by atoms with E-state index >= 15 is 0 Å². The van der Waals surface area contributed by atoms with Gasteiger partial charge in [-0.3, -0.25) is 5.41 Å². The maximum atomic E-state index is 12.3. The van der Waals surface area contributed by atoms with E-state index in [1.54, 1.807) is 0 Å². The van der Waals surface area contributed by atoms with Crippen molar-refractivity contribution in [3.63, 3.8) is 0 Å². The highest BCUT2D eigenvalue weighted by Gasteiger charge is 2.40. The van der Waals surface area contributed by atoms with Crippen LogP contribution in [0.15, 0.2) is 0 Å². The van der Waals surface area contributed by atoms with Gasteiger partial charge in [0.25, 0.3) is 0 Å². The van der Waals surface area contributed by atoms with Crippen LogP contribution >= 0.6 is 0 Å². The van der Waals surface area contributed by atoms with Crippen LogP contribution in [0, 0.1) is 11.3 Å². The molecule has 0 aliphatic carbocycles. The Labute approximate surface area is 86.9 Å². The van der Waals surface area contributed by atoms with E-state index in [1.165, 1.54) is 0 Å². The van der Waals surface area contributed by atoms with Crippen LogP contribution in [0.5, 0.6) is 0 Å². The van der Waals surface area contributed by atoms with Crippen LogP contribution < -0.4 is 5.73 Å². The molecule has 0 aromatic rings. The van der Waals surface area contributed by atoms with Gasteiger partial charge in [0.1, 0.15) is 0 Å². The summed E-state index contributed by atoms with van der Waals surface area (Å²) >= 11 is 0. The first-order valence-corrected chi connectivity index (χ1v) is 5.01. The summed E-state index contributed by atoms with van der Waals surface area (Å²) in [5, 5.41) is 7.02. The van der Waals surface area contributed by atoms with Gasteiger partial charge in [-0.15, -0.1) is 0 Å². The van der Waals surface area contributed by atoms with Gasteiger partial charge in [0.05, 0.1) is 11.8 Å². The van der Waals surface area contributed by atoms with Crippen LogP contribution in [0.3, 0.4) is 0 Å². The zero-order chi connectivity index (χ0) is 11.5. The predicted molar refractivity (Wildman–Crippen MR) is 51.8 cm³/mol. The molecule has 88 valence electrons. The minimum absolute atomic E-state index is 0.0907. The van der Waals surface area contributed by atoms with Crippen molar-refractivity contribution >= 4 is 5.84 Å². The molecule has 0 aromatic heterocycles. The molecule has 1 rings (SSSR count). The highest BCUT2D eigenvalue weighted by Crippen LogP contribution is 2.33. The van der Waals surface area contributed by atoms with Crippen molar-refractivity contribution in [1.29, 1.82) is 5.41 Å². The molecule has 1 fully saturated rings. The largest absolute Gasteiger partial charge is 0.391 e. The molecule has 1 heterocycles. The predicted octanol–water partition coefficient (Wildman–Crippen LogP) is 1.59. The van der Waals surface area contributed by atoms with Crippen molar-refractivity contribution in [2.75, 3.05) is 19.6 Å². The molecule has 6 heteroatoms. The number of nitrogens with zero attached hydrogens (tertiary/aromatic N) is 1. The van der Waals surface area contributed by atoms with Crippen LogP contribution in [0.25, 0.3) is 0 Å². The molecule has 0 saturated carbocycles. The van der Waals surface area contributed by atoms with Gasteiger partial charge in [0, 0.05) is 13.0 Å². The topological polar surface area (TPSA) is 53.1 Å². The molecule has 15 heavy (non-hydrogen) atoms. The Kier molecular flexibility index (Phi) is 3.96. The summed E-state index contributed by atoms with van der Waals surface area (Å²) in [6.07, 6.45) is -3.27. The Morgan fingerprint density at radius 1 is 1.33 bits per heavy atom. The fraction of sp³-hybridized carbons (Fsp3) is 0.889. The highest BCUT2D eigenvalue weighted by molar-refractivity contribution is 5.76. The van der Waals surface area contributed by atoms with Crippen LogP contribution in [-0.4, -0.2) is 36.5 Å². The molecule has 0 spiro atoms. The number of hydrogen-bond donors (Lipinski definition) is 2. The molecule has 0 atom stereocenters. The molecule has 0 radical (unpaired) electrons.